The fraction of sp³-hybridized carbons (Fsp3) is 0.500. The van der Waals surface area contributed by atoms with Crippen molar-refractivity contribution >= 4 is 11.6 Å². The zero-order valence-corrected chi connectivity index (χ0v) is 11.4. The number of nitrogens with two attached hydrogens (primary N) is 1. The standard InChI is InChI=1S/C14H22N2O2/c1-9(2)13(15)14(17)16-11-6-5-7-12(8-11)18-10(3)4/h5-10,13H,15H2,1-4H3,(H,16,17). The molecule has 1 aromatic rings. The van der Waals surface area contributed by atoms with Crippen molar-refractivity contribution in [2.75, 3.05) is 5.32 Å². The first-order valence-corrected chi connectivity index (χ1v) is 6.23. The summed E-state index contributed by atoms with van der Waals surface area (Å²) in [5.41, 5.74) is 6.49. The van der Waals surface area contributed by atoms with E-state index in [2.05, 4.69) is 5.32 Å². The molecule has 0 spiro atoms. The Morgan fingerprint density at radius 1 is 1.28 bits per heavy atom. The summed E-state index contributed by atoms with van der Waals surface area (Å²) in [6.07, 6.45) is 0.105. The van der Waals surface area contributed by atoms with Gasteiger partial charge in [0.25, 0.3) is 0 Å². The summed E-state index contributed by atoms with van der Waals surface area (Å²) in [6.45, 7) is 7.75. The van der Waals surface area contributed by atoms with E-state index in [1.54, 1.807) is 6.07 Å². The maximum Gasteiger partial charge on any atom is 0.241 e. The van der Waals surface area contributed by atoms with E-state index in [9.17, 15) is 4.79 Å². The van der Waals surface area contributed by atoms with E-state index in [1.165, 1.54) is 0 Å². The number of carbonyl (C=O) groups excluding carboxylic acids is 1. The number of carbonyl (C=O) groups is 1. The zero-order chi connectivity index (χ0) is 13.7. The number of anilines is 1. The molecule has 0 aliphatic heterocycles. The fourth-order valence-electron chi connectivity index (χ4n) is 1.45. The topological polar surface area (TPSA) is 64.3 Å². The summed E-state index contributed by atoms with van der Waals surface area (Å²) in [5, 5.41) is 2.79. The summed E-state index contributed by atoms with van der Waals surface area (Å²) in [7, 11) is 0. The van der Waals surface area contributed by atoms with Crippen LogP contribution in [0.2, 0.25) is 0 Å². The highest BCUT2D eigenvalue weighted by atomic mass is 16.5. The molecule has 4 heteroatoms. The lowest BCUT2D eigenvalue weighted by atomic mass is 10.0. The van der Waals surface area contributed by atoms with Crippen LogP contribution >= 0.6 is 0 Å². The summed E-state index contributed by atoms with van der Waals surface area (Å²) >= 11 is 0. The quantitative estimate of drug-likeness (QED) is 0.843. The minimum absolute atomic E-state index is 0.105. The second-order valence-corrected chi connectivity index (χ2v) is 4.95. The molecule has 0 heterocycles. The van der Waals surface area contributed by atoms with Crippen LogP contribution in [0.15, 0.2) is 24.3 Å². The summed E-state index contributed by atoms with van der Waals surface area (Å²) in [5.74, 6) is 0.674. The van der Waals surface area contributed by atoms with E-state index >= 15 is 0 Å². The SMILES string of the molecule is CC(C)Oc1cccc(NC(=O)C(N)C(C)C)c1. The first-order valence-electron chi connectivity index (χ1n) is 6.23. The third kappa shape index (κ3) is 4.37. The average Bonchev–Trinajstić information content (AvgIpc) is 2.27. The monoisotopic (exact) mass is 250 g/mol. The highest BCUT2D eigenvalue weighted by Gasteiger charge is 2.17. The van der Waals surface area contributed by atoms with E-state index in [-0.39, 0.29) is 17.9 Å². The first kappa shape index (κ1) is 14.5. The molecule has 100 valence electrons. The van der Waals surface area contributed by atoms with Crippen LogP contribution in [0.4, 0.5) is 5.69 Å². The first-order chi connectivity index (χ1) is 8.40. The van der Waals surface area contributed by atoms with Gasteiger partial charge >= 0.3 is 0 Å². The summed E-state index contributed by atoms with van der Waals surface area (Å²) in [4.78, 5) is 11.8. The van der Waals surface area contributed by atoms with Crippen LogP contribution in [0.25, 0.3) is 0 Å². The molecule has 0 aliphatic carbocycles. The molecule has 0 fully saturated rings. The molecular formula is C14H22N2O2. The van der Waals surface area contributed by atoms with E-state index in [4.69, 9.17) is 10.5 Å². The molecule has 18 heavy (non-hydrogen) atoms. The molecule has 1 rings (SSSR count). The number of hydrogen-bond acceptors (Lipinski definition) is 3. The Hall–Kier alpha value is -1.55. The molecule has 1 amide bonds. The summed E-state index contributed by atoms with van der Waals surface area (Å²) < 4.78 is 5.56. The van der Waals surface area contributed by atoms with Crippen LogP contribution in [-0.4, -0.2) is 18.1 Å². The van der Waals surface area contributed by atoms with Crippen molar-refractivity contribution in [3.05, 3.63) is 24.3 Å². The van der Waals surface area contributed by atoms with Gasteiger partial charge in [0.1, 0.15) is 5.75 Å². The molecule has 1 unspecified atom stereocenters. The van der Waals surface area contributed by atoms with Crippen LogP contribution in [0.5, 0.6) is 5.75 Å². The molecule has 0 bridgehead atoms. The predicted molar refractivity (Wildman–Crippen MR) is 73.6 cm³/mol. The van der Waals surface area contributed by atoms with Crippen molar-refractivity contribution in [2.24, 2.45) is 11.7 Å². The highest BCUT2D eigenvalue weighted by Crippen LogP contribution is 2.18. The number of nitrogens with one attached hydrogen (secondary N) is 1. The lowest BCUT2D eigenvalue weighted by Crippen LogP contribution is -2.39. The largest absolute Gasteiger partial charge is 0.491 e. The van der Waals surface area contributed by atoms with Gasteiger partial charge in [-0.25, -0.2) is 0 Å². The van der Waals surface area contributed by atoms with Gasteiger partial charge in [0.15, 0.2) is 0 Å². The van der Waals surface area contributed by atoms with Crippen molar-refractivity contribution in [3.63, 3.8) is 0 Å². The number of hydrogen-bond donors (Lipinski definition) is 2. The Labute approximate surface area is 109 Å². The van der Waals surface area contributed by atoms with Crippen LogP contribution in [0, 0.1) is 5.92 Å². The van der Waals surface area contributed by atoms with Crippen LogP contribution in [-0.2, 0) is 4.79 Å². The maximum atomic E-state index is 11.8. The van der Waals surface area contributed by atoms with E-state index < -0.39 is 6.04 Å². The Kier molecular flexibility index (Phi) is 5.16. The van der Waals surface area contributed by atoms with Gasteiger partial charge in [-0.2, -0.15) is 0 Å². The minimum Gasteiger partial charge on any atom is -0.491 e. The van der Waals surface area contributed by atoms with E-state index in [0.717, 1.165) is 5.75 Å². The highest BCUT2D eigenvalue weighted by molar-refractivity contribution is 5.94. The van der Waals surface area contributed by atoms with Gasteiger partial charge in [-0.05, 0) is 31.9 Å². The lowest BCUT2D eigenvalue weighted by molar-refractivity contribution is -0.118. The lowest BCUT2D eigenvalue weighted by Gasteiger charge is -2.16. The summed E-state index contributed by atoms with van der Waals surface area (Å²) in [6, 6.07) is 6.81. The normalized spacial score (nSPS) is 12.6. The fourth-order valence-corrected chi connectivity index (χ4v) is 1.45. The second-order valence-electron chi connectivity index (χ2n) is 4.95. The molecule has 0 saturated carbocycles. The Morgan fingerprint density at radius 3 is 2.50 bits per heavy atom. The second kappa shape index (κ2) is 6.40. The molecule has 0 aromatic heterocycles. The number of amides is 1. The van der Waals surface area contributed by atoms with Gasteiger partial charge in [-0.3, -0.25) is 4.79 Å². The van der Waals surface area contributed by atoms with E-state index in [1.807, 2.05) is 45.9 Å². The van der Waals surface area contributed by atoms with Gasteiger partial charge in [-0.15, -0.1) is 0 Å². The van der Waals surface area contributed by atoms with Crippen molar-refractivity contribution in [2.45, 2.75) is 39.8 Å². The molecule has 4 nitrogen and oxygen atoms in total. The maximum absolute atomic E-state index is 11.8. The smallest absolute Gasteiger partial charge is 0.241 e. The van der Waals surface area contributed by atoms with Crippen molar-refractivity contribution in [1.82, 2.24) is 0 Å². The third-order valence-electron chi connectivity index (χ3n) is 2.49. The van der Waals surface area contributed by atoms with E-state index in [0.29, 0.717) is 5.69 Å². The molecule has 0 saturated heterocycles. The molecule has 1 aromatic carbocycles. The Balaban J connectivity index is 2.70. The van der Waals surface area contributed by atoms with Gasteiger partial charge in [0.2, 0.25) is 5.91 Å². The van der Waals surface area contributed by atoms with Gasteiger partial charge < -0.3 is 15.8 Å². The van der Waals surface area contributed by atoms with Crippen molar-refractivity contribution < 1.29 is 9.53 Å². The molecule has 3 N–H and O–H groups in total. The molecular weight excluding hydrogens is 228 g/mol. The Morgan fingerprint density at radius 2 is 1.94 bits per heavy atom. The van der Waals surface area contributed by atoms with Crippen LogP contribution < -0.4 is 15.8 Å². The van der Waals surface area contributed by atoms with Crippen molar-refractivity contribution in [1.29, 1.82) is 0 Å². The average molecular weight is 250 g/mol. The Bertz CT molecular complexity index is 403. The van der Waals surface area contributed by atoms with Gasteiger partial charge in [0.05, 0.1) is 12.1 Å². The third-order valence-corrected chi connectivity index (χ3v) is 2.49. The minimum atomic E-state index is -0.500. The zero-order valence-electron chi connectivity index (χ0n) is 11.4. The van der Waals surface area contributed by atoms with Gasteiger partial charge in [0, 0.05) is 11.8 Å². The van der Waals surface area contributed by atoms with Crippen LogP contribution in [0.1, 0.15) is 27.7 Å². The molecule has 1 atom stereocenters. The van der Waals surface area contributed by atoms with Crippen LogP contribution in [0.3, 0.4) is 0 Å². The van der Waals surface area contributed by atoms with Gasteiger partial charge in [-0.1, -0.05) is 19.9 Å². The predicted octanol–water partition coefficient (Wildman–Crippen LogP) is 2.40. The molecule has 0 aliphatic rings. The number of rotatable bonds is 5. The molecule has 0 radical (unpaired) electrons. The van der Waals surface area contributed by atoms with Crippen molar-refractivity contribution in [3.8, 4) is 5.75 Å². The number of benzene rings is 1. The number of ether oxygens (including phenoxy) is 1.